The number of halogens is 2. The first kappa shape index (κ1) is 8.93. The van der Waals surface area contributed by atoms with Crippen molar-refractivity contribution in [2.75, 3.05) is 0 Å². The van der Waals surface area contributed by atoms with Gasteiger partial charge in [-0.3, -0.25) is 0 Å². The largest absolute Gasteiger partial charge is 0.180 e. The third-order valence-electron chi connectivity index (χ3n) is 2.20. The Morgan fingerprint density at radius 2 is 2.00 bits per heavy atom. The van der Waals surface area contributed by atoms with Gasteiger partial charge in [0.1, 0.15) is 0 Å². The second-order valence-corrected chi connectivity index (χ2v) is 4.81. The lowest BCUT2D eigenvalue weighted by Crippen LogP contribution is -2.08. The van der Waals surface area contributed by atoms with Gasteiger partial charge in [0, 0.05) is 0 Å². The summed E-state index contributed by atoms with van der Waals surface area (Å²) in [4.78, 5) is 1.86. The van der Waals surface area contributed by atoms with Crippen LogP contribution in [0.2, 0.25) is 0 Å². The molecule has 0 amide bonds. The fourth-order valence-corrected chi connectivity index (χ4v) is 2.15. The molecule has 5 heteroatoms. The van der Waals surface area contributed by atoms with Gasteiger partial charge in [-0.2, -0.15) is 4.80 Å². The van der Waals surface area contributed by atoms with Crippen LogP contribution in [0.4, 0.5) is 0 Å². The first-order chi connectivity index (χ1) is 5.77. The quantitative estimate of drug-likeness (QED) is 0.735. The summed E-state index contributed by atoms with van der Waals surface area (Å²) < 4.78 is 1.83. The summed E-state index contributed by atoms with van der Waals surface area (Å²) in [5, 5.41) is 8.64. The Hall–Kier alpha value is 0.350. The predicted molar refractivity (Wildman–Crippen MR) is 57.9 cm³/mol. The Labute approximate surface area is 93.2 Å². The summed E-state index contributed by atoms with van der Waals surface area (Å²) in [6.45, 7) is 0. The number of hydrogen-bond donors (Lipinski definition) is 0. The number of rotatable bonds is 1. The summed E-state index contributed by atoms with van der Waals surface area (Å²) in [5.41, 5.74) is 0. The molecule has 1 saturated carbocycles. The molecule has 2 rings (SSSR count). The highest BCUT2D eigenvalue weighted by Gasteiger charge is 2.19. The van der Waals surface area contributed by atoms with Crippen LogP contribution in [0.5, 0.6) is 0 Å². The zero-order valence-corrected chi connectivity index (χ0v) is 10.2. The lowest BCUT2D eigenvalue weighted by molar-refractivity contribution is 0.411. The summed E-state index contributed by atoms with van der Waals surface area (Å²) >= 11 is 5.55. The maximum Gasteiger partial charge on any atom is 0.161 e. The smallest absolute Gasteiger partial charge is 0.161 e. The van der Waals surface area contributed by atoms with E-state index in [2.05, 4.69) is 48.7 Å². The minimum Gasteiger partial charge on any atom is -0.180 e. The predicted octanol–water partition coefficient (Wildman–Crippen LogP) is 2.76. The lowest BCUT2D eigenvalue weighted by atomic mass is 10.3. The van der Waals surface area contributed by atoms with Crippen LogP contribution >= 0.6 is 38.5 Å². The van der Waals surface area contributed by atoms with Crippen LogP contribution in [0.25, 0.3) is 0 Å². The van der Waals surface area contributed by atoms with Crippen molar-refractivity contribution in [1.82, 2.24) is 15.0 Å². The van der Waals surface area contributed by atoms with E-state index in [0.717, 1.165) is 8.30 Å². The molecule has 66 valence electrons. The van der Waals surface area contributed by atoms with Gasteiger partial charge in [-0.05, 0) is 51.4 Å². The average Bonchev–Trinajstić information content (AvgIpc) is 2.61. The molecule has 1 fully saturated rings. The topological polar surface area (TPSA) is 30.7 Å². The Kier molecular flexibility index (Phi) is 2.69. The van der Waals surface area contributed by atoms with E-state index < -0.39 is 0 Å². The summed E-state index contributed by atoms with van der Waals surface area (Å²) in [6.07, 6.45) is 5.11. The maximum absolute atomic E-state index is 4.34. The first-order valence-electron chi connectivity index (χ1n) is 4.05. The van der Waals surface area contributed by atoms with Crippen molar-refractivity contribution >= 4 is 38.5 Å². The summed E-state index contributed by atoms with van der Waals surface area (Å²) in [5.74, 6) is 0. The van der Waals surface area contributed by atoms with Crippen molar-refractivity contribution in [3.8, 4) is 0 Å². The van der Waals surface area contributed by atoms with Gasteiger partial charge in [0.2, 0.25) is 0 Å². The van der Waals surface area contributed by atoms with E-state index in [1.807, 2.05) is 4.80 Å². The van der Waals surface area contributed by atoms with Gasteiger partial charge in [0.25, 0.3) is 0 Å². The molecular formula is C7H9BrIN3. The molecule has 0 N–H and O–H groups in total. The standard InChI is InChI=1S/C7H9BrIN3/c8-6-7(9)11-12(10-6)5-3-1-2-4-5/h5H,1-4H2. The van der Waals surface area contributed by atoms with Gasteiger partial charge in [-0.15, -0.1) is 10.2 Å². The van der Waals surface area contributed by atoms with Crippen molar-refractivity contribution < 1.29 is 0 Å². The molecule has 0 aromatic carbocycles. The average molecular weight is 342 g/mol. The highest BCUT2D eigenvalue weighted by Crippen LogP contribution is 2.29. The van der Waals surface area contributed by atoms with E-state index in [1.165, 1.54) is 25.7 Å². The normalized spacial score (nSPS) is 18.8. The van der Waals surface area contributed by atoms with Gasteiger partial charge in [-0.25, -0.2) is 0 Å². The van der Waals surface area contributed by atoms with Crippen LogP contribution in [-0.2, 0) is 0 Å². The third kappa shape index (κ3) is 1.66. The second kappa shape index (κ2) is 3.61. The van der Waals surface area contributed by atoms with Gasteiger partial charge in [0.05, 0.1) is 6.04 Å². The number of nitrogens with zero attached hydrogens (tertiary/aromatic N) is 3. The number of hydrogen-bond acceptors (Lipinski definition) is 2. The molecule has 1 aliphatic rings. The molecule has 1 heterocycles. The molecule has 1 aromatic rings. The fourth-order valence-electron chi connectivity index (χ4n) is 1.58. The molecule has 1 aromatic heterocycles. The van der Waals surface area contributed by atoms with Crippen molar-refractivity contribution in [3.05, 3.63) is 8.30 Å². The highest BCUT2D eigenvalue weighted by molar-refractivity contribution is 14.1. The molecule has 0 atom stereocenters. The third-order valence-corrected chi connectivity index (χ3v) is 4.20. The van der Waals surface area contributed by atoms with Gasteiger partial charge < -0.3 is 0 Å². The molecule has 0 saturated heterocycles. The molecule has 0 unspecified atom stereocenters. The molecule has 0 aliphatic heterocycles. The summed E-state index contributed by atoms with van der Waals surface area (Å²) in [6, 6.07) is 0.546. The van der Waals surface area contributed by atoms with Crippen molar-refractivity contribution in [3.63, 3.8) is 0 Å². The zero-order chi connectivity index (χ0) is 8.55. The van der Waals surface area contributed by atoms with Crippen LogP contribution in [0.1, 0.15) is 31.7 Å². The van der Waals surface area contributed by atoms with Crippen LogP contribution in [-0.4, -0.2) is 15.0 Å². The molecule has 3 nitrogen and oxygen atoms in total. The second-order valence-electron chi connectivity index (χ2n) is 3.04. The lowest BCUT2D eigenvalue weighted by Gasteiger charge is -2.05. The van der Waals surface area contributed by atoms with E-state index >= 15 is 0 Å². The Balaban J connectivity index is 2.21. The Morgan fingerprint density at radius 1 is 1.33 bits per heavy atom. The van der Waals surface area contributed by atoms with E-state index in [4.69, 9.17) is 0 Å². The van der Waals surface area contributed by atoms with Gasteiger partial charge in [0.15, 0.2) is 8.30 Å². The minimum atomic E-state index is 0.546. The van der Waals surface area contributed by atoms with Crippen LogP contribution in [0.15, 0.2) is 4.60 Å². The molecular weight excluding hydrogens is 333 g/mol. The summed E-state index contributed by atoms with van der Waals surface area (Å²) in [7, 11) is 0. The van der Waals surface area contributed by atoms with E-state index in [-0.39, 0.29) is 0 Å². The maximum atomic E-state index is 4.34. The Morgan fingerprint density at radius 3 is 2.50 bits per heavy atom. The monoisotopic (exact) mass is 341 g/mol. The molecule has 0 radical (unpaired) electrons. The minimum absolute atomic E-state index is 0.546. The van der Waals surface area contributed by atoms with Crippen LogP contribution < -0.4 is 0 Å². The van der Waals surface area contributed by atoms with Crippen molar-refractivity contribution in [2.45, 2.75) is 31.7 Å². The van der Waals surface area contributed by atoms with E-state index in [1.54, 1.807) is 0 Å². The highest BCUT2D eigenvalue weighted by atomic mass is 127. The van der Waals surface area contributed by atoms with Crippen molar-refractivity contribution in [1.29, 1.82) is 0 Å². The molecule has 1 aliphatic carbocycles. The van der Waals surface area contributed by atoms with Crippen molar-refractivity contribution in [2.24, 2.45) is 0 Å². The molecule has 0 bridgehead atoms. The van der Waals surface area contributed by atoms with E-state index in [9.17, 15) is 0 Å². The van der Waals surface area contributed by atoms with Crippen LogP contribution in [0.3, 0.4) is 0 Å². The van der Waals surface area contributed by atoms with Gasteiger partial charge in [-0.1, -0.05) is 12.8 Å². The molecule has 12 heavy (non-hydrogen) atoms. The zero-order valence-electron chi connectivity index (χ0n) is 6.50. The Bertz CT molecular complexity index is 261. The van der Waals surface area contributed by atoms with Crippen LogP contribution in [0, 0.1) is 3.70 Å². The first-order valence-corrected chi connectivity index (χ1v) is 5.92. The molecule has 0 spiro atoms. The SMILES string of the molecule is Brc1nn(C2CCCC2)nc1I. The van der Waals surface area contributed by atoms with Gasteiger partial charge >= 0.3 is 0 Å². The number of aromatic nitrogens is 3. The van der Waals surface area contributed by atoms with E-state index in [0.29, 0.717) is 6.04 Å². The fraction of sp³-hybridized carbons (Fsp3) is 0.714.